The number of nitriles is 1. The van der Waals surface area contributed by atoms with Crippen molar-refractivity contribution in [3.63, 3.8) is 0 Å². The fraction of sp³-hybridized carbons (Fsp3) is 0.227. The van der Waals surface area contributed by atoms with Gasteiger partial charge in [0.1, 0.15) is 17.4 Å². The summed E-state index contributed by atoms with van der Waals surface area (Å²) in [5.41, 5.74) is 1.19. The Labute approximate surface area is 174 Å². The Hall–Kier alpha value is -3.99. The summed E-state index contributed by atoms with van der Waals surface area (Å²) in [5, 5.41) is 11.8. The molecule has 0 spiro atoms. The largest absolute Gasteiger partial charge is 0.497 e. The molecule has 0 aliphatic carbocycles. The zero-order chi connectivity index (χ0) is 21.9. The molecule has 0 fully saturated rings. The van der Waals surface area contributed by atoms with E-state index in [0.717, 1.165) is 5.56 Å². The van der Waals surface area contributed by atoms with Crippen LogP contribution >= 0.6 is 0 Å². The van der Waals surface area contributed by atoms with Crippen LogP contribution in [0.3, 0.4) is 0 Å². The summed E-state index contributed by atoms with van der Waals surface area (Å²) in [4.78, 5) is 24.1. The number of benzene rings is 2. The summed E-state index contributed by atoms with van der Waals surface area (Å²) in [6.45, 7) is -0.294. The summed E-state index contributed by atoms with van der Waals surface area (Å²) >= 11 is 0. The van der Waals surface area contributed by atoms with Crippen LogP contribution in [0, 0.1) is 11.3 Å². The first-order valence-corrected chi connectivity index (χ1v) is 8.91. The lowest BCUT2D eigenvalue weighted by Crippen LogP contribution is -2.28. The minimum absolute atomic E-state index is 0.212. The van der Waals surface area contributed by atoms with Gasteiger partial charge in [0.15, 0.2) is 18.1 Å². The highest BCUT2D eigenvalue weighted by atomic mass is 16.5. The van der Waals surface area contributed by atoms with Gasteiger partial charge in [-0.3, -0.25) is 4.79 Å². The second-order valence-corrected chi connectivity index (χ2v) is 5.99. The maximum Gasteiger partial charge on any atom is 0.349 e. The molecule has 0 unspecified atom stereocenters. The average molecular weight is 410 g/mol. The molecule has 0 atom stereocenters. The summed E-state index contributed by atoms with van der Waals surface area (Å²) in [5.74, 6) is 0.390. The third-order valence-electron chi connectivity index (χ3n) is 4.04. The number of carbonyl (C=O) groups excluding carboxylic acids is 2. The van der Waals surface area contributed by atoms with E-state index >= 15 is 0 Å². The van der Waals surface area contributed by atoms with E-state index in [9.17, 15) is 14.9 Å². The van der Waals surface area contributed by atoms with Crippen molar-refractivity contribution in [2.24, 2.45) is 0 Å². The van der Waals surface area contributed by atoms with Crippen molar-refractivity contribution in [3.05, 3.63) is 59.2 Å². The molecule has 2 aromatic rings. The monoisotopic (exact) mass is 410 g/mol. The highest BCUT2D eigenvalue weighted by Crippen LogP contribution is 2.27. The number of esters is 1. The number of carbonyl (C=O) groups is 2. The van der Waals surface area contributed by atoms with Gasteiger partial charge in [0.25, 0.3) is 5.91 Å². The third kappa shape index (κ3) is 6.27. The molecule has 0 aromatic heterocycles. The normalized spacial score (nSPS) is 10.5. The Morgan fingerprint density at radius 1 is 1.00 bits per heavy atom. The Balaban J connectivity index is 1.89. The van der Waals surface area contributed by atoms with Gasteiger partial charge in [-0.1, -0.05) is 18.2 Å². The van der Waals surface area contributed by atoms with Crippen LogP contribution in [-0.2, 0) is 20.9 Å². The van der Waals surface area contributed by atoms with Gasteiger partial charge in [0.05, 0.1) is 21.3 Å². The van der Waals surface area contributed by atoms with Crippen LogP contribution < -0.4 is 19.5 Å². The molecule has 0 saturated carbocycles. The number of rotatable bonds is 9. The quantitative estimate of drug-likeness (QED) is 0.384. The summed E-state index contributed by atoms with van der Waals surface area (Å²) in [7, 11) is 4.59. The van der Waals surface area contributed by atoms with Crippen molar-refractivity contribution < 1.29 is 28.5 Å². The lowest BCUT2D eigenvalue weighted by molar-refractivity contribution is -0.144. The first-order chi connectivity index (χ1) is 14.5. The van der Waals surface area contributed by atoms with E-state index in [-0.39, 0.29) is 12.1 Å². The Morgan fingerprint density at radius 3 is 2.30 bits per heavy atom. The van der Waals surface area contributed by atoms with Crippen molar-refractivity contribution in [2.45, 2.75) is 6.54 Å². The molecule has 0 heterocycles. The molecule has 156 valence electrons. The molecule has 30 heavy (non-hydrogen) atoms. The molecule has 8 heteroatoms. The van der Waals surface area contributed by atoms with Crippen molar-refractivity contribution in [3.8, 4) is 23.3 Å². The van der Waals surface area contributed by atoms with Crippen LogP contribution in [0.25, 0.3) is 6.08 Å². The van der Waals surface area contributed by atoms with E-state index in [1.54, 1.807) is 55.6 Å². The summed E-state index contributed by atoms with van der Waals surface area (Å²) in [6, 6.07) is 13.8. The van der Waals surface area contributed by atoms with E-state index in [4.69, 9.17) is 18.9 Å². The number of nitrogens with one attached hydrogen (secondary N) is 1. The van der Waals surface area contributed by atoms with Crippen molar-refractivity contribution >= 4 is 18.0 Å². The molecule has 0 bridgehead atoms. The van der Waals surface area contributed by atoms with Crippen LogP contribution in [0.2, 0.25) is 0 Å². The van der Waals surface area contributed by atoms with Gasteiger partial charge in [0, 0.05) is 6.54 Å². The van der Waals surface area contributed by atoms with Gasteiger partial charge < -0.3 is 24.3 Å². The molecule has 0 radical (unpaired) electrons. The van der Waals surface area contributed by atoms with E-state index in [1.807, 2.05) is 0 Å². The predicted octanol–water partition coefficient (Wildman–Crippen LogP) is 2.48. The van der Waals surface area contributed by atoms with Crippen LogP contribution in [0.15, 0.2) is 48.0 Å². The molecular weight excluding hydrogens is 388 g/mol. The van der Waals surface area contributed by atoms with Gasteiger partial charge in [-0.2, -0.15) is 5.26 Å². The zero-order valence-electron chi connectivity index (χ0n) is 16.9. The molecule has 8 nitrogen and oxygen atoms in total. The minimum Gasteiger partial charge on any atom is -0.497 e. The number of nitrogens with zero attached hydrogens (tertiary/aromatic N) is 1. The smallest absolute Gasteiger partial charge is 0.349 e. The SMILES string of the molecule is COc1ccc(/C=C(\C#N)C(=O)OCC(=O)NCc2ccc(OC)c(OC)c2)cc1. The molecule has 0 aliphatic heterocycles. The van der Waals surface area contributed by atoms with E-state index in [2.05, 4.69) is 5.32 Å². The lowest BCUT2D eigenvalue weighted by atomic mass is 10.1. The van der Waals surface area contributed by atoms with Gasteiger partial charge >= 0.3 is 5.97 Å². The maximum atomic E-state index is 12.1. The fourth-order valence-corrected chi connectivity index (χ4v) is 2.45. The highest BCUT2D eigenvalue weighted by Gasteiger charge is 2.13. The van der Waals surface area contributed by atoms with Crippen LogP contribution in [0.4, 0.5) is 0 Å². The third-order valence-corrected chi connectivity index (χ3v) is 4.04. The predicted molar refractivity (Wildman–Crippen MR) is 109 cm³/mol. The average Bonchev–Trinajstić information content (AvgIpc) is 2.79. The van der Waals surface area contributed by atoms with Crippen LogP contribution in [-0.4, -0.2) is 39.8 Å². The van der Waals surface area contributed by atoms with Gasteiger partial charge in [-0.15, -0.1) is 0 Å². The molecule has 2 rings (SSSR count). The molecular formula is C22H22N2O6. The van der Waals surface area contributed by atoms with Gasteiger partial charge in [0.2, 0.25) is 0 Å². The second kappa shape index (κ2) is 11.1. The molecule has 2 aromatic carbocycles. The van der Waals surface area contributed by atoms with Crippen LogP contribution in [0.1, 0.15) is 11.1 Å². The first kappa shape index (κ1) is 22.3. The molecule has 1 amide bonds. The van der Waals surface area contributed by atoms with Crippen molar-refractivity contribution in [1.82, 2.24) is 5.32 Å². The maximum absolute atomic E-state index is 12.1. The second-order valence-electron chi connectivity index (χ2n) is 5.99. The number of methoxy groups -OCH3 is 3. The minimum atomic E-state index is -0.880. The summed E-state index contributed by atoms with van der Waals surface area (Å²) < 4.78 is 20.4. The van der Waals surface area contributed by atoms with E-state index in [0.29, 0.717) is 22.8 Å². The van der Waals surface area contributed by atoms with Gasteiger partial charge in [-0.05, 0) is 41.5 Å². The number of hydrogen-bond donors (Lipinski definition) is 1. The van der Waals surface area contributed by atoms with Crippen molar-refractivity contribution in [2.75, 3.05) is 27.9 Å². The van der Waals surface area contributed by atoms with Crippen LogP contribution in [0.5, 0.6) is 17.2 Å². The highest BCUT2D eigenvalue weighted by molar-refractivity contribution is 5.98. The zero-order valence-corrected chi connectivity index (χ0v) is 16.9. The number of ether oxygens (including phenoxy) is 4. The van der Waals surface area contributed by atoms with Crippen molar-refractivity contribution in [1.29, 1.82) is 5.26 Å². The summed E-state index contributed by atoms with van der Waals surface area (Å²) in [6.07, 6.45) is 1.38. The number of hydrogen-bond acceptors (Lipinski definition) is 7. The fourth-order valence-electron chi connectivity index (χ4n) is 2.45. The standard InChI is InChI=1S/C22H22N2O6/c1-27-18-7-4-15(5-8-18)10-17(12-23)22(26)30-14-21(25)24-13-16-6-9-19(28-2)20(11-16)29-3/h4-11H,13-14H2,1-3H3,(H,24,25)/b17-10+. The lowest BCUT2D eigenvalue weighted by Gasteiger charge is -2.10. The number of amides is 1. The topological polar surface area (TPSA) is 107 Å². The molecule has 0 aliphatic rings. The first-order valence-electron chi connectivity index (χ1n) is 8.91. The Kier molecular flexibility index (Phi) is 8.27. The van der Waals surface area contributed by atoms with E-state index in [1.165, 1.54) is 20.3 Å². The van der Waals surface area contributed by atoms with E-state index < -0.39 is 18.5 Å². The molecule has 1 N–H and O–H groups in total. The Morgan fingerprint density at radius 2 is 1.70 bits per heavy atom. The Bertz CT molecular complexity index is 961. The molecule has 0 saturated heterocycles. The van der Waals surface area contributed by atoms with Gasteiger partial charge in [-0.25, -0.2) is 4.79 Å².